The number of rotatable bonds is 8. The summed E-state index contributed by atoms with van der Waals surface area (Å²) < 4.78 is 5.29. The van der Waals surface area contributed by atoms with Crippen LogP contribution in [0.5, 0.6) is 5.75 Å². The Kier molecular flexibility index (Phi) is 6.80. The zero-order chi connectivity index (χ0) is 13.1. The van der Waals surface area contributed by atoms with Crippen LogP contribution in [0, 0.1) is 0 Å². The van der Waals surface area contributed by atoms with Crippen LogP contribution in [0.4, 0.5) is 4.79 Å². The van der Waals surface area contributed by atoms with Gasteiger partial charge in [-0.25, -0.2) is 4.79 Å². The minimum Gasteiger partial charge on any atom is -0.473 e. The summed E-state index contributed by atoms with van der Waals surface area (Å²) in [5.74, 6) is 0.702. The molecule has 1 aromatic rings. The van der Waals surface area contributed by atoms with Crippen molar-refractivity contribution in [2.24, 2.45) is 0 Å². The van der Waals surface area contributed by atoms with Crippen LogP contribution in [0.1, 0.15) is 6.42 Å². The van der Waals surface area contributed by atoms with Crippen LogP contribution < -0.4 is 20.7 Å². The number of carbonyl (C=O) groups excluding carboxylic acids is 2. The van der Waals surface area contributed by atoms with Crippen LogP contribution in [-0.2, 0) is 4.79 Å². The normalized spacial score (nSPS) is 9.33. The minimum absolute atomic E-state index is 0.114. The second-order valence-corrected chi connectivity index (χ2v) is 3.46. The highest BCUT2D eigenvalue weighted by molar-refractivity contribution is 5.73. The maximum absolute atomic E-state index is 11.3. The summed E-state index contributed by atoms with van der Waals surface area (Å²) in [5.41, 5.74) is 0. The fourth-order valence-corrected chi connectivity index (χ4v) is 1.22. The lowest BCUT2D eigenvalue weighted by Crippen LogP contribution is -2.38. The molecule has 18 heavy (non-hydrogen) atoms. The van der Waals surface area contributed by atoms with E-state index in [2.05, 4.69) is 16.0 Å². The van der Waals surface area contributed by atoms with Crippen LogP contribution in [-0.4, -0.2) is 32.3 Å². The topological polar surface area (TPSA) is 79.5 Å². The molecule has 3 amide bonds. The van der Waals surface area contributed by atoms with Crippen molar-refractivity contribution in [3.8, 4) is 5.75 Å². The van der Waals surface area contributed by atoms with Gasteiger partial charge in [-0.15, -0.1) is 0 Å². The van der Waals surface area contributed by atoms with E-state index in [1.165, 1.54) is 0 Å². The lowest BCUT2D eigenvalue weighted by molar-refractivity contribution is -0.109. The van der Waals surface area contributed by atoms with Gasteiger partial charge in [-0.3, -0.25) is 4.79 Å². The first-order valence-electron chi connectivity index (χ1n) is 5.69. The van der Waals surface area contributed by atoms with Crippen molar-refractivity contribution >= 4 is 12.4 Å². The second-order valence-electron chi connectivity index (χ2n) is 3.46. The van der Waals surface area contributed by atoms with Gasteiger partial charge in [-0.2, -0.15) is 0 Å². The van der Waals surface area contributed by atoms with Crippen molar-refractivity contribution in [1.29, 1.82) is 0 Å². The molecule has 0 aliphatic carbocycles. The van der Waals surface area contributed by atoms with Gasteiger partial charge in [-0.05, 0) is 18.6 Å². The van der Waals surface area contributed by atoms with Gasteiger partial charge in [0.05, 0.1) is 0 Å². The molecule has 6 heteroatoms. The van der Waals surface area contributed by atoms with Gasteiger partial charge in [-0.1, -0.05) is 18.2 Å². The number of carbonyl (C=O) groups is 2. The van der Waals surface area contributed by atoms with Gasteiger partial charge in [0.15, 0.2) is 6.73 Å². The summed E-state index contributed by atoms with van der Waals surface area (Å²) in [7, 11) is 0. The number of benzene rings is 1. The number of amides is 3. The van der Waals surface area contributed by atoms with Gasteiger partial charge in [0, 0.05) is 13.1 Å². The third kappa shape index (κ3) is 6.37. The highest BCUT2D eigenvalue weighted by atomic mass is 16.5. The van der Waals surface area contributed by atoms with E-state index < -0.39 is 0 Å². The van der Waals surface area contributed by atoms with Crippen LogP contribution in [0.3, 0.4) is 0 Å². The average Bonchev–Trinajstić information content (AvgIpc) is 2.40. The molecule has 6 nitrogen and oxygen atoms in total. The zero-order valence-corrected chi connectivity index (χ0v) is 10.0. The summed E-state index contributed by atoms with van der Waals surface area (Å²) >= 11 is 0. The predicted octanol–water partition coefficient (Wildman–Crippen LogP) is 0.458. The van der Waals surface area contributed by atoms with E-state index in [1.807, 2.05) is 30.3 Å². The molecule has 1 rings (SSSR count). The van der Waals surface area contributed by atoms with E-state index in [0.717, 1.165) is 0 Å². The zero-order valence-electron chi connectivity index (χ0n) is 10.0. The first kappa shape index (κ1) is 13.8. The molecule has 0 radical (unpaired) electrons. The first-order valence-corrected chi connectivity index (χ1v) is 5.69. The molecule has 1 aromatic carbocycles. The van der Waals surface area contributed by atoms with Crippen molar-refractivity contribution in [3.05, 3.63) is 30.3 Å². The Hall–Kier alpha value is -2.24. The Bertz CT molecular complexity index is 357. The maximum Gasteiger partial charge on any atom is 0.317 e. The van der Waals surface area contributed by atoms with Crippen molar-refractivity contribution in [2.45, 2.75) is 6.42 Å². The van der Waals surface area contributed by atoms with Crippen LogP contribution >= 0.6 is 0 Å². The van der Waals surface area contributed by atoms with Crippen molar-refractivity contribution in [2.75, 3.05) is 19.8 Å². The monoisotopic (exact) mass is 251 g/mol. The van der Waals surface area contributed by atoms with Crippen LogP contribution in [0.25, 0.3) is 0 Å². The van der Waals surface area contributed by atoms with Crippen LogP contribution in [0.15, 0.2) is 30.3 Å². The molecule has 0 fully saturated rings. The fourth-order valence-electron chi connectivity index (χ4n) is 1.22. The molecule has 0 aromatic heterocycles. The first-order chi connectivity index (χ1) is 8.83. The summed E-state index contributed by atoms with van der Waals surface area (Å²) in [4.78, 5) is 21.2. The summed E-state index contributed by atoms with van der Waals surface area (Å²) in [6.07, 6.45) is 1.32. The molecule has 0 saturated heterocycles. The van der Waals surface area contributed by atoms with Gasteiger partial charge < -0.3 is 20.7 Å². The molecule has 98 valence electrons. The van der Waals surface area contributed by atoms with E-state index in [4.69, 9.17) is 4.74 Å². The molecular weight excluding hydrogens is 234 g/mol. The minimum atomic E-state index is -0.294. The Morgan fingerprint density at radius 3 is 2.67 bits per heavy atom. The van der Waals surface area contributed by atoms with Crippen molar-refractivity contribution in [1.82, 2.24) is 16.0 Å². The van der Waals surface area contributed by atoms with Crippen LogP contribution in [0.2, 0.25) is 0 Å². The summed E-state index contributed by atoms with van der Waals surface area (Å²) in [6, 6.07) is 8.93. The number of hydrogen-bond acceptors (Lipinski definition) is 3. The van der Waals surface area contributed by atoms with E-state index in [1.54, 1.807) is 0 Å². The highest BCUT2D eigenvalue weighted by Gasteiger charge is 1.98. The lowest BCUT2D eigenvalue weighted by atomic mass is 10.3. The van der Waals surface area contributed by atoms with E-state index in [-0.39, 0.29) is 12.8 Å². The SMILES string of the molecule is O=CNCCCNC(=O)NCOc1ccccc1. The van der Waals surface area contributed by atoms with E-state index >= 15 is 0 Å². The molecule has 0 saturated carbocycles. The number of hydrogen-bond donors (Lipinski definition) is 3. The molecule has 3 N–H and O–H groups in total. The number of ether oxygens (including phenoxy) is 1. The Morgan fingerprint density at radius 1 is 1.17 bits per heavy atom. The lowest BCUT2D eigenvalue weighted by Gasteiger charge is -2.09. The van der Waals surface area contributed by atoms with Crippen molar-refractivity contribution < 1.29 is 14.3 Å². The third-order valence-corrected chi connectivity index (χ3v) is 2.08. The largest absolute Gasteiger partial charge is 0.473 e. The Morgan fingerprint density at radius 2 is 1.94 bits per heavy atom. The summed E-state index contributed by atoms with van der Waals surface area (Å²) in [5, 5.41) is 7.71. The van der Waals surface area contributed by atoms with Crippen molar-refractivity contribution in [3.63, 3.8) is 0 Å². The molecular formula is C12H17N3O3. The van der Waals surface area contributed by atoms with Gasteiger partial charge in [0.2, 0.25) is 6.41 Å². The molecule has 0 spiro atoms. The molecule has 0 atom stereocenters. The fraction of sp³-hybridized carbons (Fsp3) is 0.333. The number of urea groups is 1. The quantitative estimate of drug-likeness (QED) is 0.357. The number of nitrogens with one attached hydrogen (secondary N) is 3. The smallest absolute Gasteiger partial charge is 0.317 e. The molecule has 0 unspecified atom stereocenters. The molecule has 0 aliphatic heterocycles. The van der Waals surface area contributed by atoms with E-state index in [9.17, 15) is 9.59 Å². The average molecular weight is 251 g/mol. The Labute approximate surface area is 106 Å². The highest BCUT2D eigenvalue weighted by Crippen LogP contribution is 2.06. The second kappa shape index (κ2) is 8.86. The van der Waals surface area contributed by atoms with Gasteiger partial charge in [0.1, 0.15) is 5.75 Å². The maximum atomic E-state index is 11.3. The van der Waals surface area contributed by atoms with Gasteiger partial charge >= 0.3 is 6.03 Å². The number of para-hydroxylation sites is 1. The molecule has 0 aliphatic rings. The molecule has 0 heterocycles. The Balaban J connectivity index is 2.01. The third-order valence-electron chi connectivity index (χ3n) is 2.08. The van der Waals surface area contributed by atoms with E-state index in [0.29, 0.717) is 31.7 Å². The predicted molar refractivity (Wildman–Crippen MR) is 67.2 cm³/mol. The summed E-state index contributed by atoms with van der Waals surface area (Å²) in [6.45, 7) is 1.16. The standard InChI is InChI=1S/C12H17N3O3/c16-9-13-7-4-8-14-12(17)15-10-18-11-5-2-1-3-6-11/h1-3,5-6,9H,4,7-8,10H2,(H,13,16)(H2,14,15,17). The van der Waals surface area contributed by atoms with Gasteiger partial charge in [0.25, 0.3) is 0 Å². The molecule has 0 bridgehead atoms.